The van der Waals surface area contributed by atoms with Crippen LogP contribution in [0.3, 0.4) is 0 Å². The first-order valence-electron chi connectivity index (χ1n) is 6.70. The molecule has 0 aliphatic rings. The van der Waals surface area contributed by atoms with Crippen LogP contribution in [0.5, 0.6) is 11.5 Å². The Balaban J connectivity index is 0.00000338. The van der Waals surface area contributed by atoms with E-state index in [-0.39, 0.29) is 62.3 Å². The number of carbonyl (C=O) groups is 2. The zero-order valence-corrected chi connectivity index (χ0v) is 17.7. The van der Waals surface area contributed by atoms with Crippen molar-refractivity contribution in [1.29, 1.82) is 5.26 Å². The predicted molar refractivity (Wildman–Crippen MR) is 90.8 cm³/mol. The van der Waals surface area contributed by atoms with Gasteiger partial charge in [-0.25, -0.2) is 0 Å². The molecule has 0 bridgehead atoms. The number of anilines is 1. The first kappa shape index (κ1) is 22.3. The van der Waals surface area contributed by atoms with Crippen LogP contribution in [0.1, 0.15) is 15.9 Å². The van der Waals surface area contributed by atoms with E-state index in [1.807, 2.05) is 6.07 Å². The van der Waals surface area contributed by atoms with E-state index in [2.05, 4.69) is 21.2 Å². The summed E-state index contributed by atoms with van der Waals surface area (Å²) in [5, 5.41) is 32.1. The maximum atomic E-state index is 11.3. The third-order valence-corrected chi connectivity index (χ3v) is 4.08. The molecule has 0 heterocycles. The summed E-state index contributed by atoms with van der Waals surface area (Å²) in [5.74, 6) is -2.36. The fourth-order valence-corrected chi connectivity index (χ4v) is 2.61. The molecular weight excluding hydrogens is 439 g/mol. The van der Waals surface area contributed by atoms with Gasteiger partial charge in [-0.05, 0) is 40.2 Å². The SMILES string of the molecule is N#Cc1cc(Cl)ccc1Oc1cc(NCC(=O)O)c(Br)c(C(=O)[O-])c1.[Na+]. The van der Waals surface area contributed by atoms with E-state index in [0.717, 1.165) is 0 Å². The molecule has 0 radical (unpaired) electrons. The molecule has 0 saturated carbocycles. The van der Waals surface area contributed by atoms with Crippen LogP contribution < -0.4 is 44.7 Å². The van der Waals surface area contributed by atoms with Gasteiger partial charge in [-0.15, -0.1) is 0 Å². The molecule has 0 spiro atoms. The van der Waals surface area contributed by atoms with Crippen LogP contribution in [0.15, 0.2) is 34.8 Å². The van der Waals surface area contributed by atoms with Gasteiger partial charge in [0.05, 0.1) is 17.2 Å². The number of aromatic carboxylic acids is 1. The topological polar surface area (TPSA) is 122 Å². The summed E-state index contributed by atoms with van der Waals surface area (Å²) in [6.45, 7) is -0.432. The summed E-state index contributed by atoms with van der Waals surface area (Å²) in [6, 6.07) is 8.89. The van der Waals surface area contributed by atoms with Crippen molar-refractivity contribution in [3.63, 3.8) is 0 Å². The molecule has 2 N–H and O–H groups in total. The van der Waals surface area contributed by atoms with Gasteiger partial charge in [0.25, 0.3) is 0 Å². The van der Waals surface area contributed by atoms with Crippen LogP contribution in [-0.2, 0) is 4.79 Å². The minimum Gasteiger partial charge on any atom is -0.545 e. The Morgan fingerprint density at radius 3 is 2.62 bits per heavy atom. The van der Waals surface area contributed by atoms with Crippen LogP contribution in [0, 0.1) is 11.3 Å². The monoisotopic (exact) mass is 446 g/mol. The van der Waals surface area contributed by atoms with Crippen molar-refractivity contribution in [2.24, 2.45) is 0 Å². The molecule has 0 aromatic heterocycles. The number of hydrogen-bond donors (Lipinski definition) is 2. The van der Waals surface area contributed by atoms with E-state index in [1.54, 1.807) is 0 Å². The predicted octanol–water partition coefficient (Wildman–Crippen LogP) is -0.370. The summed E-state index contributed by atoms with van der Waals surface area (Å²) >= 11 is 8.91. The van der Waals surface area contributed by atoms with Crippen molar-refractivity contribution >= 4 is 45.2 Å². The molecule has 2 aromatic rings. The summed E-state index contributed by atoms with van der Waals surface area (Å²) in [7, 11) is 0. The van der Waals surface area contributed by atoms with E-state index in [9.17, 15) is 14.7 Å². The second-order valence-electron chi connectivity index (χ2n) is 4.72. The Morgan fingerprint density at radius 2 is 2.04 bits per heavy atom. The summed E-state index contributed by atoms with van der Waals surface area (Å²) in [4.78, 5) is 22.0. The quantitative estimate of drug-likeness (QED) is 0.579. The van der Waals surface area contributed by atoms with Crippen molar-refractivity contribution in [1.82, 2.24) is 0 Å². The number of carboxylic acids is 2. The zero-order valence-electron chi connectivity index (χ0n) is 13.4. The number of benzene rings is 2. The van der Waals surface area contributed by atoms with Gasteiger partial charge in [0, 0.05) is 21.1 Å². The zero-order chi connectivity index (χ0) is 18.6. The minimum atomic E-state index is -1.48. The Morgan fingerprint density at radius 1 is 1.35 bits per heavy atom. The van der Waals surface area contributed by atoms with Crippen LogP contribution >= 0.6 is 27.5 Å². The average molecular weight is 448 g/mol. The minimum absolute atomic E-state index is 0. The van der Waals surface area contributed by atoms with Gasteiger partial charge >= 0.3 is 35.5 Å². The number of aliphatic carboxylic acids is 1. The molecule has 0 unspecified atom stereocenters. The van der Waals surface area contributed by atoms with Gasteiger partial charge in [0.1, 0.15) is 24.1 Å². The molecule has 2 aromatic carbocycles. The third kappa shape index (κ3) is 5.62. The second kappa shape index (κ2) is 9.80. The summed E-state index contributed by atoms with van der Waals surface area (Å²) < 4.78 is 5.69. The third-order valence-electron chi connectivity index (χ3n) is 2.99. The Labute approximate surface area is 183 Å². The smallest absolute Gasteiger partial charge is 0.545 e. The molecular formula is C16H9BrClN2NaO5. The number of nitrogens with zero attached hydrogens (tertiary/aromatic N) is 1. The number of carbonyl (C=O) groups excluding carboxylic acids is 1. The molecule has 0 amide bonds. The number of nitriles is 1. The van der Waals surface area contributed by atoms with E-state index < -0.39 is 18.5 Å². The van der Waals surface area contributed by atoms with Crippen LogP contribution in [0.2, 0.25) is 5.02 Å². The van der Waals surface area contributed by atoms with Crippen LogP contribution in [0.25, 0.3) is 0 Å². The van der Waals surface area contributed by atoms with Gasteiger partial charge in [-0.1, -0.05) is 11.6 Å². The van der Waals surface area contributed by atoms with Crippen molar-refractivity contribution in [2.45, 2.75) is 0 Å². The average Bonchev–Trinajstić information content (AvgIpc) is 2.56. The maximum Gasteiger partial charge on any atom is 1.00 e. The Bertz CT molecular complexity index is 901. The first-order chi connectivity index (χ1) is 11.8. The van der Waals surface area contributed by atoms with Crippen LogP contribution in [-0.4, -0.2) is 23.6 Å². The van der Waals surface area contributed by atoms with Gasteiger partial charge in [0.2, 0.25) is 0 Å². The van der Waals surface area contributed by atoms with E-state index in [0.29, 0.717) is 5.02 Å². The standard InChI is InChI=1S/C16H10BrClN2O5.Na/c17-15-11(16(23)24)4-10(5-12(15)20-7-14(21)22)25-13-2-1-9(18)3-8(13)6-19;/h1-5,20H,7H2,(H,21,22)(H,23,24);/q;+1/p-1. The van der Waals surface area contributed by atoms with E-state index in [1.165, 1.54) is 30.3 Å². The fraction of sp³-hybridized carbons (Fsp3) is 0.0625. The largest absolute Gasteiger partial charge is 1.00 e. The van der Waals surface area contributed by atoms with Crippen molar-refractivity contribution in [3.05, 3.63) is 51.0 Å². The number of hydrogen-bond acceptors (Lipinski definition) is 6. The molecule has 0 saturated heterocycles. The van der Waals surface area contributed by atoms with Gasteiger partial charge in [-0.3, -0.25) is 4.79 Å². The summed E-state index contributed by atoms with van der Waals surface area (Å²) in [5.41, 5.74) is 0.106. The van der Waals surface area contributed by atoms with Gasteiger partial charge < -0.3 is 25.1 Å². The number of nitrogens with one attached hydrogen (secondary N) is 1. The maximum absolute atomic E-state index is 11.3. The Kier molecular flexibility index (Phi) is 8.40. The molecule has 0 aliphatic heterocycles. The number of rotatable bonds is 6. The normalized spacial score (nSPS) is 9.58. The van der Waals surface area contributed by atoms with Crippen LogP contribution in [0.4, 0.5) is 5.69 Å². The number of ether oxygens (including phenoxy) is 1. The fourth-order valence-electron chi connectivity index (χ4n) is 1.91. The van der Waals surface area contributed by atoms with Crippen molar-refractivity contribution in [3.8, 4) is 17.6 Å². The molecule has 10 heteroatoms. The first-order valence-corrected chi connectivity index (χ1v) is 7.87. The molecule has 2 rings (SSSR count). The van der Waals surface area contributed by atoms with Gasteiger partial charge in [0.15, 0.2) is 0 Å². The summed E-state index contributed by atoms with van der Waals surface area (Å²) in [6.07, 6.45) is 0. The van der Waals surface area contributed by atoms with Crippen molar-refractivity contribution < 1.29 is 54.1 Å². The van der Waals surface area contributed by atoms with Crippen molar-refractivity contribution in [2.75, 3.05) is 11.9 Å². The van der Waals surface area contributed by atoms with Gasteiger partial charge in [-0.2, -0.15) is 5.26 Å². The Hall–Kier alpha value is -1.76. The number of halogens is 2. The molecule has 7 nitrogen and oxygen atoms in total. The molecule has 0 fully saturated rings. The molecule has 128 valence electrons. The van der Waals surface area contributed by atoms with E-state index >= 15 is 0 Å². The molecule has 26 heavy (non-hydrogen) atoms. The molecule has 0 atom stereocenters. The molecule has 0 aliphatic carbocycles. The number of carboxylic acid groups (broad SMARTS) is 2. The second-order valence-corrected chi connectivity index (χ2v) is 5.95. The van der Waals surface area contributed by atoms with E-state index in [4.69, 9.17) is 26.7 Å².